The Morgan fingerprint density at radius 2 is 2.13 bits per heavy atom. The second kappa shape index (κ2) is 8.06. The molecule has 0 bridgehead atoms. The number of rotatable bonds is 7. The summed E-state index contributed by atoms with van der Waals surface area (Å²) in [6, 6.07) is 8.53. The minimum Gasteiger partial charge on any atom is -0.366 e. The summed E-state index contributed by atoms with van der Waals surface area (Å²) in [4.78, 5) is 21.0. The third-order valence-corrected chi connectivity index (χ3v) is 5.07. The van der Waals surface area contributed by atoms with Gasteiger partial charge in [-0.3, -0.25) is 4.79 Å². The van der Waals surface area contributed by atoms with Gasteiger partial charge in [0.25, 0.3) is 0 Å². The molecule has 2 N–H and O–H groups in total. The van der Waals surface area contributed by atoms with E-state index in [1.807, 2.05) is 17.7 Å². The molecular formula is C21H20F2N6O. The van der Waals surface area contributed by atoms with Gasteiger partial charge in [-0.25, -0.2) is 18.7 Å². The van der Waals surface area contributed by atoms with E-state index in [1.165, 1.54) is 6.07 Å². The summed E-state index contributed by atoms with van der Waals surface area (Å²) in [6.07, 6.45) is 0.459. The van der Waals surface area contributed by atoms with Crippen LogP contribution in [0.5, 0.6) is 0 Å². The first kappa shape index (κ1) is 19.8. The van der Waals surface area contributed by atoms with Crippen LogP contribution < -0.4 is 10.6 Å². The largest absolute Gasteiger partial charge is 0.366 e. The summed E-state index contributed by atoms with van der Waals surface area (Å²) in [6.45, 7) is 0.250. The maximum atomic E-state index is 13.0. The minimum absolute atomic E-state index is 0.0257. The van der Waals surface area contributed by atoms with Gasteiger partial charge in [-0.15, -0.1) is 0 Å². The molecule has 2 heterocycles. The van der Waals surface area contributed by atoms with E-state index in [9.17, 15) is 13.6 Å². The molecule has 0 aliphatic heterocycles. The first-order valence-electron chi connectivity index (χ1n) is 9.61. The number of amides is 1. The molecule has 2 aromatic heterocycles. The van der Waals surface area contributed by atoms with Crippen LogP contribution in [0, 0.1) is 17.2 Å². The lowest BCUT2D eigenvalue weighted by atomic mass is 10.0. The quantitative estimate of drug-likeness (QED) is 0.620. The number of aryl methyl sites for hydroxylation is 1. The van der Waals surface area contributed by atoms with Crippen molar-refractivity contribution in [2.24, 2.45) is 13.0 Å². The van der Waals surface area contributed by atoms with Gasteiger partial charge in [0.05, 0.1) is 23.5 Å². The van der Waals surface area contributed by atoms with Crippen LogP contribution in [0.2, 0.25) is 0 Å². The van der Waals surface area contributed by atoms with Gasteiger partial charge >= 0.3 is 0 Å². The molecule has 9 heteroatoms. The maximum absolute atomic E-state index is 13.0. The van der Waals surface area contributed by atoms with Gasteiger partial charge in [-0.05, 0) is 36.1 Å². The molecule has 7 nitrogen and oxygen atoms in total. The number of halogens is 2. The molecule has 1 aliphatic carbocycles. The molecule has 154 valence electrons. The fraction of sp³-hybridized carbons (Fsp3) is 0.333. The van der Waals surface area contributed by atoms with Gasteiger partial charge in [0.2, 0.25) is 12.3 Å². The van der Waals surface area contributed by atoms with Crippen LogP contribution in [0.4, 0.5) is 20.4 Å². The third-order valence-electron chi connectivity index (χ3n) is 5.07. The Bertz CT molecular complexity index is 1150. The summed E-state index contributed by atoms with van der Waals surface area (Å²) in [7, 11) is 1.84. The lowest BCUT2D eigenvalue weighted by Crippen LogP contribution is -2.15. The number of anilines is 2. The van der Waals surface area contributed by atoms with Gasteiger partial charge in [0, 0.05) is 32.0 Å². The molecule has 0 atom stereocenters. The Hall–Kier alpha value is -3.54. The highest BCUT2D eigenvalue weighted by molar-refractivity contribution is 6.00. The Morgan fingerprint density at radius 3 is 2.83 bits per heavy atom. The maximum Gasteiger partial charge on any atom is 0.242 e. The van der Waals surface area contributed by atoms with Crippen molar-refractivity contribution in [3.63, 3.8) is 0 Å². The van der Waals surface area contributed by atoms with Crippen molar-refractivity contribution in [3.8, 4) is 6.07 Å². The normalized spacial score (nSPS) is 13.4. The Morgan fingerprint density at radius 1 is 1.33 bits per heavy atom. The Labute approximate surface area is 171 Å². The SMILES string of the molecule is Cn1cnc2c(NC(=O)C3CC3)nc(NCc3ccc(C#N)cc3CC(F)F)cc21. The molecule has 1 aliphatic rings. The predicted molar refractivity (Wildman–Crippen MR) is 108 cm³/mol. The zero-order valence-corrected chi connectivity index (χ0v) is 16.3. The molecular weight excluding hydrogens is 390 g/mol. The third kappa shape index (κ3) is 4.22. The molecule has 1 aromatic carbocycles. The van der Waals surface area contributed by atoms with Crippen LogP contribution in [0.25, 0.3) is 11.0 Å². The summed E-state index contributed by atoms with van der Waals surface area (Å²) >= 11 is 0. The number of pyridine rings is 1. The van der Waals surface area contributed by atoms with Crippen molar-refractivity contribution in [2.45, 2.75) is 32.2 Å². The average molecular weight is 410 g/mol. The Kier molecular flexibility index (Phi) is 5.31. The second-order valence-electron chi connectivity index (χ2n) is 7.39. The smallest absolute Gasteiger partial charge is 0.242 e. The highest BCUT2D eigenvalue weighted by Crippen LogP contribution is 2.31. The van der Waals surface area contributed by atoms with Crippen LogP contribution >= 0.6 is 0 Å². The van der Waals surface area contributed by atoms with E-state index >= 15 is 0 Å². The lowest BCUT2D eigenvalue weighted by Gasteiger charge is -2.13. The summed E-state index contributed by atoms with van der Waals surface area (Å²) in [5.74, 6) is 0.820. The number of nitrogens with zero attached hydrogens (tertiary/aromatic N) is 4. The number of aromatic nitrogens is 3. The van der Waals surface area contributed by atoms with Gasteiger partial charge in [-0.1, -0.05) is 6.07 Å². The lowest BCUT2D eigenvalue weighted by molar-refractivity contribution is -0.117. The van der Waals surface area contributed by atoms with Crippen LogP contribution in [-0.4, -0.2) is 26.9 Å². The highest BCUT2D eigenvalue weighted by atomic mass is 19.3. The number of hydrogen-bond donors (Lipinski definition) is 2. The number of hydrogen-bond acceptors (Lipinski definition) is 5. The van der Waals surface area contributed by atoms with Crippen molar-refractivity contribution in [1.82, 2.24) is 14.5 Å². The van der Waals surface area contributed by atoms with E-state index in [1.54, 1.807) is 24.5 Å². The number of carbonyl (C=O) groups is 1. The molecule has 3 aromatic rings. The van der Waals surface area contributed by atoms with E-state index < -0.39 is 12.8 Å². The second-order valence-corrected chi connectivity index (χ2v) is 7.39. The minimum atomic E-state index is -2.51. The van der Waals surface area contributed by atoms with Crippen molar-refractivity contribution >= 4 is 28.6 Å². The number of nitriles is 1. The summed E-state index contributed by atoms with van der Waals surface area (Å²) in [5, 5.41) is 15.0. The van der Waals surface area contributed by atoms with E-state index in [2.05, 4.69) is 20.6 Å². The number of fused-ring (bicyclic) bond motifs is 1. The molecule has 30 heavy (non-hydrogen) atoms. The van der Waals surface area contributed by atoms with E-state index in [0.29, 0.717) is 33.8 Å². The molecule has 1 saturated carbocycles. The molecule has 1 amide bonds. The van der Waals surface area contributed by atoms with Gasteiger partial charge in [0.15, 0.2) is 5.82 Å². The van der Waals surface area contributed by atoms with Crippen molar-refractivity contribution < 1.29 is 13.6 Å². The van der Waals surface area contributed by atoms with Crippen LogP contribution in [0.3, 0.4) is 0 Å². The number of alkyl halides is 2. The average Bonchev–Trinajstić information content (AvgIpc) is 3.50. The molecule has 0 unspecified atom stereocenters. The number of imidazole rings is 1. The molecule has 0 radical (unpaired) electrons. The van der Waals surface area contributed by atoms with Crippen molar-refractivity contribution in [2.75, 3.05) is 10.6 Å². The molecule has 0 spiro atoms. The summed E-state index contributed by atoms with van der Waals surface area (Å²) < 4.78 is 27.7. The fourth-order valence-electron chi connectivity index (χ4n) is 3.28. The number of benzene rings is 1. The van der Waals surface area contributed by atoms with Crippen LogP contribution in [0.15, 0.2) is 30.6 Å². The fourth-order valence-corrected chi connectivity index (χ4v) is 3.28. The van der Waals surface area contributed by atoms with E-state index in [0.717, 1.165) is 18.4 Å². The number of carbonyl (C=O) groups excluding carboxylic acids is 1. The van der Waals surface area contributed by atoms with E-state index in [-0.39, 0.29) is 18.4 Å². The molecule has 1 fully saturated rings. The van der Waals surface area contributed by atoms with E-state index in [4.69, 9.17) is 5.26 Å². The summed E-state index contributed by atoms with van der Waals surface area (Å²) in [5.41, 5.74) is 2.79. The molecule has 4 rings (SSSR count). The van der Waals surface area contributed by atoms with Gasteiger partial charge < -0.3 is 15.2 Å². The zero-order valence-electron chi connectivity index (χ0n) is 16.3. The van der Waals surface area contributed by atoms with Crippen molar-refractivity contribution in [1.29, 1.82) is 5.26 Å². The number of nitrogens with one attached hydrogen (secondary N) is 2. The van der Waals surface area contributed by atoms with Crippen molar-refractivity contribution in [3.05, 3.63) is 47.3 Å². The first-order chi connectivity index (χ1) is 14.4. The highest BCUT2D eigenvalue weighted by Gasteiger charge is 2.30. The monoisotopic (exact) mass is 410 g/mol. The standard InChI is InChI=1S/C21H20F2N6O/c1-29-11-26-19-16(29)8-18(27-20(19)28-21(30)13-4-5-13)25-10-14-3-2-12(9-24)6-15(14)7-17(22)23/h2-3,6,8,11,13,17H,4-5,7,10H2,1H3,(H2,25,27,28,30). The topological polar surface area (TPSA) is 95.6 Å². The van der Waals surface area contributed by atoms with Crippen LogP contribution in [-0.2, 0) is 24.8 Å². The van der Waals surface area contributed by atoms with Gasteiger partial charge in [-0.2, -0.15) is 5.26 Å². The zero-order chi connectivity index (χ0) is 21.3. The van der Waals surface area contributed by atoms with Gasteiger partial charge in [0.1, 0.15) is 11.3 Å². The first-order valence-corrected chi connectivity index (χ1v) is 9.61. The Balaban J connectivity index is 1.60. The van der Waals surface area contributed by atoms with Crippen LogP contribution in [0.1, 0.15) is 29.5 Å². The molecule has 0 saturated heterocycles. The predicted octanol–water partition coefficient (Wildman–Crippen LogP) is 3.61.